The van der Waals surface area contributed by atoms with Crippen molar-refractivity contribution in [3.8, 4) is 0 Å². The third-order valence-corrected chi connectivity index (χ3v) is 1.57. The Morgan fingerprint density at radius 1 is 1.62 bits per heavy atom. The van der Waals surface area contributed by atoms with E-state index in [1.165, 1.54) is 0 Å². The molecule has 0 aromatic rings. The summed E-state index contributed by atoms with van der Waals surface area (Å²) in [6.45, 7) is 4.25. The van der Waals surface area contributed by atoms with Crippen LogP contribution in [-0.2, 0) is 19.2 Å². The summed E-state index contributed by atoms with van der Waals surface area (Å²) < 4.78 is 9.57. The van der Waals surface area contributed by atoms with Gasteiger partial charge in [-0.1, -0.05) is 13.3 Å². The highest BCUT2D eigenvalue weighted by Gasteiger charge is 2.41. The van der Waals surface area contributed by atoms with Gasteiger partial charge in [0.2, 0.25) is 0 Å². The van der Waals surface area contributed by atoms with Crippen LogP contribution in [0.1, 0.15) is 26.7 Å². The normalized spacial score (nSPS) is 26.3. The van der Waals surface area contributed by atoms with Crippen LogP contribution in [-0.4, -0.2) is 25.2 Å². The smallest absolute Gasteiger partial charge is 0.434 e. The van der Waals surface area contributed by atoms with E-state index in [1.807, 2.05) is 6.92 Å². The van der Waals surface area contributed by atoms with Crippen molar-refractivity contribution in [2.45, 2.75) is 32.5 Å². The molecule has 5 nitrogen and oxygen atoms in total. The van der Waals surface area contributed by atoms with E-state index in [-0.39, 0.29) is 6.61 Å². The van der Waals surface area contributed by atoms with Gasteiger partial charge in [0.25, 0.3) is 5.79 Å². The Kier molecular flexibility index (Phi) is 3.50. The predicted octanol–water partition coefficient (Wildman–Crippen LogP) is 1.62. The van der Waals surface area contributed by atoms with Crippen LogP contribution in [0, 0.1) is 0 Å². The van der Waals surface area contributed by atoms with Crippen LogP contribution in [0.4, 0.5) is 4.79 Å². The van der Waals surface area contributed by atoms with Crippen molar-refractivity contribution in [2.24, 2.45) is 0 Å². The molecule has 0 amide bonds. The Balaban J connectivity index is 2.10. The highest BCUT2D eigenvalue weighted by atomic mass is 17.3. The maximum absolute atomic E-state index is 10.9. The van der Waals surface area contributed by atoms with Gasteiger partial charge in [-0.3, -0.25) is 0 Å². The quantitative estimate of drug-likeness (QED) is 0.383. The topological polar surface area (TPSA) is 54.0 Å². The first-order valence-electron chi connectivity index (χ1n) is 4.33. The molecular weight excluding hydrogens is 176 g/mol. The van der Waals surface area contributed by atoms with Crippen molar-refractivity contribution in [1.82, 2.24) is 0 Å². The van der Waals surface area contributed by atoms with Gasteiger partial charge in [0.15, 0.2) is 6.61 Å². The molecule has 0 radical (unpaired) electrons. The molecule has 1 heterocycles. The Hall–Kier alpha value is -0.810. The van der Waals surface area contributed by atoms with Gasteiger partial charge < -0.3 is 9.47 Å². The molecule has 0 bridgehead atoms. The minimum absolute atomic E-state index is 0.246. The van der Waals surface area contributed by atoms with Crippen LogP contribution in [0.25, 0.3) is 0 Å². The summed E-state index contributed by atoms with van der Waals surface area (Å²) >= 11 is 0. The van der Waals surface area contributed by atoms with Gasteiger partial charge >= 0.3 is 6.16 Å². The minimum Gasteiger partial charge on any atom is -0.434 e. The molecule has 5 heteroatoms. The van der Waals surface area contributed by atoms with E-state index < -0.39 is 11.9 Å². The maximum Gasteiger partial charge on any atom is 0.510 e. The van der Waals surface area contributed by atoms with Crippen molar-refractivity contribution < 1.29 is 24.0 Å². The number of carbonyl (C=O) groups excluding carboxylic acids is 1. The average Bonchev–Trinajstić information content (AvgIpc) is 2.02. The van der Waals surface area contributed by atoms with E-state index in [9.17, 15) is 4.79 Å². The van der Waals surface area contributed by atoms with E-state index >= 15 is 0 Å². The van der Waals surface area contributed by atoms with E-state index in [0.29, 0.717) is 6.61 Å². The molecule has 0 saturated carbocycles. The Morgan fingerprint density at radius 3 is 2.77 bits per heavy atom. The van der Waals surface area contributed by atoms with Gasteiger partial charge in [-0.2, -0.15) is 4.89 Å². The fraction of sp³-hybridized carbons (Fsp3) is 0.875. The summed E-state index contributed by atoms with van der Waals surface area (Å²) in [5, 5.41) is 0. The molecule has 1 fully saturated rings. The van der Waals surface area contributed by atoms with Crippen molar-refractivity contribution in [3.63, 3.8) is 0 Å². The fourth-order valence-electron chi connectivity index (χ4n) is 0.777. The molecule has 0 aliphatic carbocycles. The molecule has 1 rings (SSSR count). The molecule has 1 saturated heterocycles. The second-order valence-corrected chi connectivity index (χ2v) is 3.03. The van der Waals surface area contributed by atoms with E-state index in [2.05, 4.69) is 9.78 Å². The number of rotatable bonds is 4. The summed E-state index contributed by atoms with van der Waals surface area (Å²) in [6, 6.07) is 0. The number of ether oxygens (including phenoxy) is 2. The lowest BCUT2D eigenvalue weighted by Crippen LogP contribution is -2.48. The maximum atomic E-state index is 10.9. The summed E-state index contributed by atoms with van der Waals surface area (Å²) in [7, 11) is 0. The molecule has 1 aliphatic rings. The summed E-state index contributed by atoms with van der Waals surface area (Å²) in [4.78, 5) is 20.0. The largest absolute Gasteiger partial charge is 0.510 e. The molecule has 13 heavy (non-hydrogen) atoms. The Morgan fingerprint density at radius 2 is 2.31 bits per heavy atom. The lowest BCUT2D eigenvalue weighted by molar-refractivity contribution is -0.521. The molecule has 1 atom stereocenters. The SMILES string of the molecule is CCCCOC(=O)OC1(C)COO1. The van der Waals surface area contributed by atoms with Crippen LogP contribution in [0.15, 0.2) is 0 Å². The average molecular weight is 190 g/mol. The second-order valence-electron chi connectivity index (χ2n) is 3.03. The summed E-state index contributed by atoms with van der Waals surface area (Å²) in [5.41, 5.74) is 0. The third kappa shape index (κ3) is 3.20. The molecule has 1 unspecified atom stereocenters. The van der Waals surface area contributed by atoms with Crippen LogP contribution in [0.3, 0.4) is 0 Å². The van der Waals surface area contributed by atoms with E-state index in [1.54, 1.807) is 6.92 Å². The zero-order valence-electron chi connectivity index (χ0n) is 7.87. The highest BCUT2D eigenvalue weighted by Crippen LogP contribution is 2.23. The first kappa shape index (κ1) is 10.3. The van der Waals surface area contributed by atoms with Gasteiger partial charge in [0, 0.05) is 6.92 Å². The van der Waals surface area contributed by atoms with Gasteiger partial charge in [-0.05, 0) is 6.42 Å². The first-order valence-corrected chi connectivity index (χ1v) is 4.33. The molecule has 0 spiro atoms. The van der Waals surface area contributed by atoms with E-state index in [4.69, 9.17) is 9.47 Å². The first-order chi connectivity index (χ1) is 6.16. The summed E-state index contributed by atoms with van der Waals surface area (Å²) in [5.74, 6) is -0.955. The second kappa shape index (κ2) is 4.43. The van der Waals surface area contributed by atoms with Crippen LogP contribution >= 0.6 is 0 Å². The molecule has 0 N–H and O–H groups in total. The zero-order valence-corrected chi connectivity index (χ0v) is 7.87. The predicted molar refractivity (Wildman–Crippen MR) is 42.8 cm³/mol. The number of hydrogen-bond donors (Lipinski definition) is 0. The van der Waals surface area contributed by atoms with Gasteiger partial charge in [-0.25, -0.2) is 9.68 Å². The van der Waals surface area contributed by atoms with Crippen LogP contribution < -0.4 is 0 Å². The van der Waals surface area contributed by atoms with Gasteiger partial charge in [0.1, 0.15) is 0 Å². The van der Waals surface area contributed by atoms with Gasteiger partial charge in [0.05, 0.1) is 6.61 Å². The lowest BCUT2D eigenvalue weighted by atomic mass is 10.3. The van der Waals surface area contributed by atoms with Crippen molar-refractivity contribution in [2.75, 3.05) is 13.2 Å². The Bertz CT molecular complexity index is 175. The van der Waals surface area contributed by atoms with Crippen molar-refractivity contribution >= 4 is 6.16 Å². The van der Waals surface area contributed by atoms with Crippen molar-refractivity contribution in [1.29, 1.82) is 0 Å². The number of hydrogen-bond acceptors (Lipinski definition) is 5. The molecule has 0 aromatic carbocycles. The monoisotopic (exact) mass is 190 g/mol. The van der Waals surface area contributed by atoms with E-state index in [0.717, 1.165) is 12.8 Å². The standard InChI is InChI=1S/C8H14O5/c1-3-4-5-10-7(9)12-8(2)6-11-13-8/h3-6H2,1-2H3. The number of unbranched alkanes of at least 4 members (excludes halogenated alkanes) is 1. The highest BCUT2D eigenvalue weighted by molar-refractivity contribution is 5.60. The third-order valence-electron chi connectivity index (χ3n) is 1.57. The molecular formula is C8H14O5. The molecule has 0 aromatic heterocycles. The number of carbonyl (C=O) groups is 1. The summed E-state index contributed by atoms with van der Waals surface area (Å²) in [6.07, 6.45) is 1.10. The van der Waals surface area contributed by atoms with Crippen LogP contribution in [0.5, 0.6) is 0 Å². The lowest BCUT2D eigenvalue weighted by Gasteiger charge is -2.34. The fourth-order valence-corrected chi connectivity index (χ4v) is 0.777. The zero-order chi connectivity index (χ0) is 9.73. The molecule has 76 valence electrons. The van der Waals surface area contributed by atoms with Crippen LogP contribution in [0.2, 0.25) is 0 Å². The van der Waals surface area contributed by atoms with Crippen molar-refractivity contribution in [3.05, 3.63) is 0 Å². The van der Waals surface area contributed by atoms with Gasteiger partial charge in [-0.15, -0.1) is 0 Å². The molecule has 1 aliphatic heterocycles. The minimum atomic E-state index is -0.955. The Labute approximate surface area is 76.8 Å².